The summed E-state index contributed by atoms with van der Waals surface area (Å²) in [6, 6.07) is 20.2. The number of amides is 6. The number of ketones is 6. The van der Waals surface area contributed by atoms with E-state index in [9.17, 15) is 67.7 Å². The van der Waals surface area contributed by atoms with E-state index >= 15 is 0 Å². The number of rotatable bonds is 60. The fourth-order valence-electron chi connectivity index (χ4n) is 13.7. The molecular formula is C87H130N8O14S. The first-order valence-electron chi connectivity index (χ1n) is 40.4. The van der Waals surface area contributed by atoms with E-state index in [0.717, 1.165) is 30.4 Å². The van der Waals surface area contributed by atoms with Gasteiger partial charge in [-0.2, -0.15) is 11.8 Å². The maximum Gasteiger partial charge on any atom is 0.243 e. The zero-order valence-corrected chi connectivity index (χ0v) is 68.1. The van der Waals surface area contributed by atoms with E-state index in [4.69, 9.17) is 0 Å². The molecule has 0 saturated carbocycles. The van der Waals surface area contributed by atoms with Gasteiger partial charge in [-0.1, -0.05) is 223 Å². The Bertz CT molecular complexity index is 3430. The molecule has 608 valence electrons. The number of benzene rings is 3. The Labute approximate surface area is 658 Å². The number of carbonyl (C=O) groups excluding carboxylic acids is 12. The van der Waals surface area contributed by atoms with Gasteiger partial charge in [0.1, 0.15) is 11.8 Å². The van der Waals surface area contributed by atoms with Crippen LogP contribution in [0.3, 0.4) is 0 Å². The lowest BCUT2D eigenvalue weighted by molar-refractivity contribution is -0.137. The van der Waals surface area contributed by atoms with Crippen LogP contribution in [-0.2, 0) is 83.2 Å². The van der Waals surface area contributed by atoms with Gasteiger partial charge in [0.2, 0.25) is 35.4 Å². The molecule has 0 aliphatic rings. The van der Waals surface area contributed by atoms with Gasteiger partial charge < -0.3 is 47.1 Å². The summed E-state index contributed by atoms with van der Waals surface area (Å²) < 4.78 is 0. The number of H-pyrrole nitrogens is 1. The Morgan fingerprint density at radius 2 is 0.855 bits per heavy atom. The van der Waals surface area contributed by atoms with Crippen molar-refractivity contribution < 1.29 is 67.7 Å². The van der Waals surface area contributed by atoms with Gasteiger partial charge in [0.25, 0.3) is 0 Å². The van der Waals surface area contributed by atoms with E-state index in [2.05, 4.69) is 48.8 Å². The van der Waals surface area contributed by atoms with E-state index in [1.807, 2.05) is 78.1 Å². The standard InChI is InChI=1S/C87H130N8O14S/c1-11-13-14-15-16-17-18-19-20-21-22-23-33-40-82(104)91-76(44-59(5)6)87(109)95-75(52-70-54-88-57-89-70)80(102)51-69(56-97)85(107)92-72(43-58(3)4)81(103)53-71(60(7)12-2)86(108)94-74(47-65-38-31-26-32-39-65)78(100)48-66(41-42-110-10)83(105)90-61(8)77(99)49-67(45-63-34-27-24-28-35-63)84(106)93-73(46-64-36-29-25-30-37-64)79(101)50-68(55-96)62(9)98/h24-32,34-39,54,57-61,66-69,71-76,96-97H,11-23,33,40-53,55-56H2,1-10H3,(H,88,89)(H,90,105)(H,91,104)(H,92,107)(H,93,106)(H,94,108)(H,95,109)/t60-,61-,66+,67+,68-,69-,71-,72-,73-,74-,75-,76-/m0/s1. The summed E-state index contributed by atoms with van der Waals surface area (Å²) in [6.45, 7) is 14.9. The number of unbranched alkanes of at least 4 members (excludes halogenated alkanes) is 12. The lowest BCUT2D eigenvalue weighted by atomic mass is 9.83. The Hall–Kier alpha value is -8.02. The van der Waals surface area contributed by atoms with Crippen molar-refractivity contribution in [3.05, 3.63) is 126 Å². The van der Waals surface area contributed by atoms with E-state index < -0.39 is 150 Å². The van der Waals surface area contributed by atoms with Crippen molar-refractivity contribution in [3.63, 3.8) is 0 Å². The number of carbonyl (C=O) groups is 12. The average molecular weight is 1540 g/mol. The third-order valence-electron chi connectivity index (χ3n) is 20.8. The van der Waals surface area contributed by atoms with Crippen LogP contribution in [0.5, 0.6) is 0 Å². The number of hydrogen-bond acceptors (Lipinski definition) is 16. The highest BCUT2D eigenvalue weighted by atomic mass is 32.2. The lowest BCUT2D eigenvalue weighted by Crippen LogP contribution is -2.53. The first-order chi connectivity index (χ1) is 52.7. The number of aromatic nitrogens is 2. The number of nitrogens with zero attached hydrogens (tertiary/aromatic N) is 1. The molecule has 110 heavy (non-hydrogen) atoms. The number of aliphatic hydroxyl groups is 2. The second-order valence-electron chi connectivity index (χ2n) is 31.1. The van der Waals surface area contributed by atoms with E-state index in [1.165, 1.54) is 95.9 Å². The van der Waals surface area contributed by atoms with Crippen LogP contribution in [0, 0.1) is 47.3 Å². The van der Waals surface area contributed by atoms with Crippen molar-refractivity contribution in [1.82, 2.24) is 41.9 Å². The van der Waals surface area contributed by atoms with Crippen molar-refractivity contribution in [2.75, 3.05) is 25.2 Å². The lowest BCUT2D eigenvalue weighted by Gasteiger charge is -2.29. The van der Waals surface area contributed by atoms with Gasteiger partial charge in [0.05, 0.1) is 55.7 Å². The molecule has 0 fully saturated rings. The highest BCUT2D eigenvalue weighted by molar-refractivity contribution is 7.98. The first-order valence-corrected chi connectivity index (χ1v) is 41.8. The summed E-state index contributed by atoms with van der Waals surface area (Å²) in [5, 5.41) is 38.0. The molecule has 9 N–H and O–H groups in total. The maximum atomic E-state index is 15.0. The topological polar surface area (TPSA) is 346 Å². The number of nitrogens with one attached hydrogen (secondary N) is 7. The molecule has 23 heteroatoms. The molecule has 6 amide bonds. The molecular weight excluding hydrogens is 1410 g/mol. The van der Waals surface area contributed by atoms with Crippen LogP contribution >= 0.6 is 11.8 Å². The monoisotopic (exact) mass is 1540 g/mol. The summed E-state index contributed by atoms with van der Waals surface area (Å²) in [4.78, 5) is 178. The van der Waals surface area contributed by atoms with Crippen molar-refractivity contribution in [3.8, 4) is 0 Å². The van der Waals surface area contributed by atoms with Gasteiger partial charge in [-0.15, -0.1) is 0 Å². The average Bonchev–Trinajstić information content (AvgIpc) is 1.42. The minimum absolute atomic E-state index is 0.00576. The number of aromatic amines is 1. The number of hydrogen-bond donors (Lipinski definition) is 9. The third-order valence-corrected chi connectivity index (χ3v) is 21.4. The molecule has 22 nitrogen and oxygen atoms in total. The van der Waals surface area contributed by atoms with Gasteiger partial charge in [-0.25, -0.2) is 4.98 Å². The highest BCUT2D eigenvalue weighted by Gasteiger charge is 2.38. The van der Waals surface area contributed by atoms with E-state index in [0.29, 0.717) is 36.3 Å². The van der Waals surface area contributed by atoms with Gasteiger partial charge in [-0.05, 0) is 105 Å². The van der Waals surface area contributed by atoms with Gasteiger partial charge in [0.15, 0.2) is 28.9 Å². The fourth-order valence-corrected chi connectivity index (χ4v) is 14.2. The second-order valence-corrected chi connectivity index (χ2v) is 32.1. The van der Waals surface area contributed by atoms with Crippen LogP contribution in [0.25, 0.3) is 0 Å². The molecule has 0 unspecified atom stereocenters. The summed E-state index contributed by atoms with van der Waals surface area (Å²) in [5.74, 6) is -11.9. The molecule has 1 heterocycles. The van der Waals surface area contributed by atoms with E-state index in [1.54, 1.807) is 60.7 Å². The Morgan fingerprint density at radius 3 is 1.33 bits per heavy atom. The Balaban J connectivity index is 1.50. The summed E-state index contributed by atoms with van der Waals surface area (Å²) in [7, 11) is 0. The minimum Gasteiger partial charge on any atom is -0.396 e. The Kier molecular flexibility index (Phi) is 45.5. The third kappa shape index (κ3) is 36.4. The summed E-state index contributed by atoms with van der Waals surface area (Å²) >= 11 is 1.45. The van der Waals surface area contributed by atoms with Gasteiger partial charge >= 0.3 is 0 Å². The second kappa shape index (κ2) is 53.0. The molecule has 12 atom stereocenters. The Morgan fingerprint density at radius 1 is 0.436 bits per heavy atom. The van der Waals surface area contributed by atoms with Crippen LogP contribution < -0.4 is 31.9 Å². The number of thioether (sulfide) groups is 1. The van der Waals surface area contributed by atoms with Gasteiger partial charge in [-0.3, -0.25) is 57.5 Å². The summed E-state index contributed by atoms with van der Waals surface area (Å²) in [5.41, 5.74) is 2.67. The van der Waals surface area contributed by atoms with Crippen LogP contribution in [0.4, 0.5) is 0 Å². The molecule has 0 radical (unpaired) electrons. The molecule has 4 aromatic rings. The predicted octanol–water partition coefficient (Wildman–Crippen LogP) is 11.4. The van der Waals surface area contributed by atoms with Crippen LogP contribution in [0.2, 0.25) is 0 Å². The van der Waals surface area contributed by atoms with Crippen molar-refractivity contribution in [2.24, 2.45) is 47.3 Å². The van der Waals surface area contributed by atoms with Crippen molar-refractivity contribution >= 4 is 81.9 Å². The molecule has 0 bridgehead atoms. The quantitative estimate of drug-likeness (QED) is 0.0185. The predicted molar refractivity (Wildman–Crippen MR) is 432 cm³/mol. The zero-order chi connectivity index (χ0) is 80.9. The number of aliphatic hydroxyl groups excluding tert-OH is 2. The molecule has 1 aromatic heterocycles. The minimum atomic E-state index is -1.37. The normalized spacial score (nSPS) is 14.7. The number of imidazole rings is 1. The van der Waals surface area contributed by atoms with Crippen LogP contribution in [0.15, 0.2) is 104 Å². The molecule has 3 aromatic carbocycles. The largest absolute Gasteiger partial charge is 0.396 e. The highest BCUT2D eigenvalue weighted by Crippen LogP contribution is 2.26. The van der Waals surface area contributed by atoms with Crippen molar-refractivity contribution in [2.45, 2.75) is 272 Å². The molecule has 0 aliphatic carbocycles. The van der Waals surface area contributed by atoms with Crippen LogP contribution in [0.1, 0.15) is 232 Å². The smallest absolute Gasteiger partial charge is 0.243 e. The first kappa shape index (κ1) is 94.4. The molecule has 0 saturated heterocycles. The van der Waals surface area contributed by atoms with Crippen LogP contribution in [-0.4, -0.2) is 152 Å². The molecule has 0 aliphatic heterocycles. The fraction of sp³-hybridized carbons (Fsp3) is 0.621. The molecule has 4 rings (SSSR count). The zero-order valence-electron chi connectivity index (χ0n) is 67.3. The summed E-state index contributed by atoms with van der Waals surface area (Å²) in [6.07, 6.45) is 19.5. The van der Waals surface area contributed by atoms with E-state index in [-0.39, 0.29) is 94.2 Å². The maximum absolute atomic E-state index is 15.0. The molecule has 0 spiro atoms. The number of Topliss-reactive ketones (excluding diaryl/α,β-unsaturated/α-hetero) is 6. The van der Waals surface area contributed by atoms with Gasteiger partial charge in [0, 0.05) is 80.5 Å². The van der Waals surface area contributed by atoms with Crippen molar-refractivity contribution in [1.29, 1.82) is 0 Å². The SMILES string of the molecule is CCCCCCCCCCCCCCCC(=O)N[C@@H](CC(C)C)C(=O)N[C@@H](Cc1cnc[nH]1)C(=O)C[C@@H](CO)C(=O)N[C@@H](CC(C)C)C(=O)C[C@H](C(=O)N[C@@H](Cc1ccccc1)C(=O)C[C@@H](CCSC)C(=O)N[C@@H](C)C(=O)C[C@@H](Cc1ccccc1)C(=O)N[C@@H](Cc1ccccc1)C(=O)C[C@@H](CO)C(C)=O)[C@@H](C)CC.